The van der Waals surface area contributed by atoms with Gasteiger partial charge in [0.05, 0.1) is 12.7 Å². The van der Waals surface area contributed by atoms with Crippen LogP contribution in [-0.4, -0.2) is 13.1 Å². The minimum Gasteiger partial charge on any atom is -0.465 e. The van der Waals surface area contributed by atoms with Gasteiger partial charge in [0.15, 0.2) is 0 Å². The average Bonchev–Trinajstić information content (AvgIpc) is 2.54. The maximum Gasteiger partial charge on any atom is 0.337 e. The fraction of sp³-hybridized carbons (Fsp3) is 0.105. The number of hydrogen-bond acceptors (Lipinski definition) is 2. The van der Waals surface area contributed by atoms with E-state index in [0.717, 1.165) is 21.9 Å². The number of hydrogen-bond donors (Lipinski definition) is 0. The summed E-state index contributed by atoms with van der Waals surface area (Å²) in [6, 6.07) is 20.2. The van der Waals surface area contributed by atoms with E-state index in [1.165, 1.54) is 12.7 Å². The van der Waals surface area contributed by atoms with Crippen LogP contribution in [0.2, 0.25) is 0 Å². The number of carbonyl (C=O) groups excluding carboxylic acids is 1. The van der Waals surface area contributed by atoms with Crippen molar-refractivity contribution >= 4 is 16.7 Å². The van der Waals surface area contributed by atoms with Crippen molar-refractivity contribution in [2.24, 2.45) is 0 Å². The molecule has 0 aromatic heterocycles. The molecule has 21 heavy (non-hydrogen) atoms. The number of methoxy groups -OCH3 is 1. The number of carbonyl (C=O) groups is 1. The lowest BCUT2D eigenvalue weighted by atomic mass is 9.95. The minimum absolute atomic E-state index is 0.311. The molecule has 0 saturated heterocycles. The Morgan fingerprint density at radius 1 is 0.952 bits per heavy atom. The maximum atomic E-state index is 11.9. The maximum absolute atomic E-state index is 11.9. The van der Waals surface area contributed by atoms with Gasteiger partial charge in [-0.05, 0) is 41.0 Å². The van der Waals surface area contributed by atoms with Crippen molar-refractivity contribution in [3.8, 4) is 11.1 Å². The lowest BCUT2D eigenvalue weighted by Gasteiger charge is -2.10. The summed E-state index contributed by atoms with van der Waals surface area (Å²) >= 11 is 0. The van der Waals surface area contributed by atoms with E-state index in [0.29, 0.717) is 5.56 Å². The molecular formula is C19H16O2. The van der Waals surface area contributed by atoms with Gasteiger partial charge in [0, 0.05) is 0 Å². The van der Waals surface area contributed by atoms with Gasteiger partial charge in [0.1, 0.15) is 0 Å². The van der Waals surface area contributed by atoms with Crippen LogP contribution >= 0.6 is 0 Å². The highest BCUT2D eigenvalue weighted by Crippen LogP contribution is 2.30. The van der Waals surface area contributed by atoms with Crippen LogP contribution < -0.4 is 0 Å². The molecule has 2 heteroatoms. The molecule has 0 N–H and O–H groups in total. The molecule has 0 aliphatic rings. The van der Waals surface area contributed by atoms with Gasteiger partial charge in [-0.3, -0.25) is 0 Å². The Kier molecular flexibility index (Phi) is 3.44. The van der Waals surface area contributed by atoms with Gasteiger partial charge in [0.2, 0.25) is 0 Å². The normalized spacial score (nSPS) is 10.6. The molecule has 0 aliphatic heterocycles. The van der Waals surface area contributed by atoms with Crippen molar-refractivity contribution in [2.45, 2.75) is 6.92 Å². The average molecular weight is 276 g/mol. The molecule has 0 unspecified atom stereocenters. The molecule has 0 radical (unpaired) electrons. The molecular weight excluding hydrogens is 260 g/mol. The Morgan fingerprint density at radius 3 is 2.38 bits per heavy atom. The second kappa shape index (κ2) is 5.41. The second-order valence-corrected chi connectivity index (χ2v) is 5.10. The molecule has 3 aromatic carbocycles. The lowest BCUT2D eigenvalue weighted by molar-refractivity contribution is 0.0601. The van der Waals surface area contributed by atoms with E-state index in [1.54, 1.807) is 0 Å². The quantitative estimate of drug-likeness (QED) is 0.639. The van der Waals surface area contributed by atoms with Crippen molar-refractivity contribution in [1.82, 2.24) is 0 Å². The van der Waals surface area contributed by atoms with Gasteiger partial charge >= 0.3 is 5.97 Å². The number of aryl methyl sites for hydroxylation is 1. The van der Waals surface area contributed by atoms with E-state index in [9.17, 15) is 4.79 Å². The van der Waals surface area contributed by atoms with Crippen LogP contribution in [0.5, 0.6) is 0 Å². The molecule has 0 saturated carbocycles. The smallest absolute Gasteiger partial charge is 0.337 e. The first kappa shape index (κ1) is 13.4. The number of fused-ring (bicyclic) bond motifs is 1. The standard InChI is InChI=1S/C19H16O2/c1-13-7-9-14(10-8-13)18-12-16(19(20)21-2)11-15-5-3-4-6-17(15)18/h3-12H,1-2H3. The Balaban J connectivity index is 2.28. The van der Waals surface area contributed by atoms with E-state index < -0.39 is 0 Å². The summed E-state index contributed by atoms with van der Waals surface area (Å²) in [7, 11) is 1.41. The fourth-order valence-electron chi connectivity index (χ4n) is 2.52. The van der Waals surface area contributed by atoms with Crippen molar-refractivity contribution in [1.29, 1.82) is 0 Å². The Labute approximate surface area is 124 Å². The summed E-state index contributed by atoms with van der Waals surface area (Å²) in [5.41, 5.74) is 3.94. The molecule has 0 fully saturated rings. The van der Waals surface area contributed by atoms with Crippen LogP contribution in [0.4, 0.5) is 0 Å². The third kappa shape index (κ3) is 2.52. The zero-order valence-electron chi connectivity index (χ0n) is 12.1. The highest BCUT2D eigenvalue weighted by molar-refractivity contribution is 6.03. The van der Waals surface area contributed by atoms with Gasteiger partial charge in [0.25, 0.3) is 0 Å². The molecule has 3 aromatic rings. The predicted octanol–water partition coefficient (Wildman–Crippen LogP) is 4.60. The lowest BCUT2D eigenvalue weighted by Crippen LogP contribution is -2.01. The van der Waals surface area contributed by atoms with Crippen LogP contribution in [0.15, 0.2) is 60.7 Å². The number of esters is 1. The summed E-state index contributed by atoms with van der Waals surface area (Å²) in [6.45, 7) is 2.06. The van der Waals surface area contributed by atoms with Crippen molar-refractivity contribution in [3.63, 3.8) is 0 Å². The largest absolute Gasteiger partial charge is 0.465 e. The molecule has 0 bridgehead atoms. The SMILES string of the molecule is COC(=O)c1cc(-c2ccc(C)cc2)c2ccccc2c1. The van der Waals surface area contributed by atoms with E-state index in [1.807, 2.05) is 30.3 Å². The Morgan fingerprint density at radius 2 is 1.67 bits per heavy atom. The summed E-state index contributed by atoms with van der Waals surface area (Å²) in [4.78, 5) is 11.9. The predicted molar refractivity (Wildman–Crippen MR) is 85.5 cm³/mol. The monoisotopic (exact) mass is 276 g/mol. The summed E-state index contributed by atoms with van der Waals surface area (Å²) in [5.74, 6) is -0.311. The molecule has 2 nitrogen and oxygen atoms in total. The Bertz CT molecular complexity index is 801. The zero-order chi connectivity index (χ0) is 14.8. The Hall–Kier alpha value is -2.61. The minimum atomic E-state index is -0.311. The fourth-order valence-corrected chi connectivity index (χ4v) is 2.52. The highest BCUT2D eigenvalue weighted by Gasteiger charge is 2.11. The van der Waals surface area contributed by atoms with Crippen LogP contribution in [0.3, 0.4) is 0 Å². The molecule has 0 spiro atoms. The second-order valence-electron chi connectivity index (χ2n) is 5.10. The first-order valence-electron chi connectivity index (χ1n) is 6.87. The van der Waals surface area contributed by atoms with Crippen molar-refractivity contribution in [3.05, 3.63) is 71.8 Å². The third-order valence-corrected chi connectivity index (χ3v) is 3.65. The van der Waals surface area contributed by atoms with E-state index in [-0.39, 0.29) is 5.97 Å². The zero-order valence-corrected chi connectivity index (χ0v) is 12.1. The summed E-state index contributed by atoms with van der Waals surface area (Å²) < 4.78 is 4.86. The number of rotatable bonds is 2. The summed E-state index contributed by atoms with van der Waals surface area (Å²) in [6.07, 6.45) is 0. The van der Waals surface area contributed by atoms with Crippen LogP contribution in [0.25, 0.3) is 21.9 Å². The van der Waals surface area contributed by atoms with E-state index in [2.05, 4.69) is 37.3 Å². The number of ether oxygens (including phenoxy) is 1. The van der Waals surface area contributed by atoms with Crippen molar-refractivity contribution in [2.75, 3.05) is 7.11 Å². The van der Waals surface area contributed by atoms with Gasteiger partial charge in [-0.2, -0.15) is 0 Å². The van der Waals surface area contributed by atoms with Gasteiger partial charge in [-0.1, -0.05) is 54.1 Å². The molecule has 0 aliphatic carbocycles. The first-order valence-corrected chi connectivity index (χ1v) is 6.87. The molecule has 104 valence electrons. The highest BCUT2D eigenvalue weighted by atomic mass is 16.5. The van der Waals surface area contributed by atoms with E-state index >= 15 is 0 Å². The number of benzene rings is 3. The molecule has 0 amide bonds. The van der Waals surface area contributed by atoms with E-state index in [4.69, 9.17) is 4.74 Å². The van der Waals surface area contributed by atoms with Crippen LogP contribution in [-0.2, 0) is 4.74 Å². The van der Waals surface area contributed by atoms with Gasteiger partial charge in [-0.15, -0.1) is 0 Å². The van der Waals surface area contributed by atoms with Gasteiger partial charge < -0.3 is 4.74 Å². The van der Waals surface area contributed by atoms with Crippen LogP contribution in [0.1, 0.15) is 15.9 Å². The van der Waals surface area contributed by atoms with Crippen LogP contribution in [0, 0.1) is 6.92 Å². The first-order chi connectivity index (χ1) is 10.2. The molecule has 0 heterocycles. The third-order valence-electron chi connectivity index (χ3n) is 3.65. The van der Waals surface area contributed by atoms with Crippen molar-refractivity contribution < 1.29 is 9.53 Å². The molecule has 0 atom stereocenters. The van der Waals surface area contributed by atoms with Gasteiger partial charge in [-0.25, -0.2) is 4.79 Å². The summed E-state index contributed by atoms with van der Waals surface area (Å²) in [5, 5.41) is 2.17. The topological polar surface area (TPSA) is 26.3 Å². The molecule has 3 rings (SSSR count).